The molecule has 2 N–H and O–H groups in total. The van der Waals surface area contributed by atoms with Crippen LogP contribution in [0.15, 0.2) is 23.4 Å². The Bertz CT molecular complexity index is 744. The van der Waals surface area contributed by atoms with Gasteiger partial charge in [-0.05, 0) is 25.3 Å². The SMILES string of the molecule is CSc1nc2n(n1)C(C(=O)Nc1cccc(C)n1)CC(=O)N2. The average Bonchev–Trinajstić information content (AvgIpc) is 2.89. The van der Waals surface area contributed by atoms with E-state index in [9.17, 15) is 9.59 Å². The Kier molecular flexibility index (Phi) is 3.80. The van der Waals surface area contributed by atoms with Crippen LogP contribution in [-0.4, -0.2) is 37.8 Å². The first-order valence-corrected chi connectivity index (χ1v) is 7.84. The van der Waals surface area contributed by atoms with Crippen LogP contribution < -0.4 is 10.6 Å². The van der Waals surface area contributed by atoms with Gasteiger partial charge >= 0.3 is 0 Å². The lowest BCUT2D eigenvalue weighted by Crippen LogP contribution is -2.36. The van der Waals surface area contributed by atoms with E-state index in [1.165, 1.54) is 16.4 Å². The summed E-state index contributed by atoms with van der Waals surface area (Å²) in [6.45, 7) is 1.84. The van der Waals surface area contributed by atoms with Gasteiger partial charge < -0.3 is 5.32 Å². The third-order valence-corrected chi connectivity index (χ3v) is 3.70. The topological polar surface area (TPSA) is 102 Å². The Labute approximate surface area is 130 Å². The number of carbonyl (C=O) groups is 2. The minimum Gasteiger partial charge on any atom is -0.309 e. The number of pyridine rings is 1. The monoisotopic (exact) mass is 318 g/mol. The number of thioether (sulfide) groups is 1. The highest BCUT2D eigenvalue weighted by Crippen LogP contribution is 2.26. The van der Waals surface area contributed by atoms with Crippen LogP contribution in [0, 0.1) is 6.92 Å². The van der Waals surface area contributed by atoms with E-state index in [-0.39, 0.29) is 24.2 Å². The Morgan fingerprint density at radius 1 is 1.45 bits per heavy atom. The van der Waals surface area contributed by atoms with Crippen molar-refractivity contribution in [3.05, 3.63) is 23.9 Å². The maximum atomic E-state index is 12.5. The molecule has 3 heterocycles. The number of anilines is 2. The Morgan fingerprint density at radius 3 is 3.00 bits per heavy atom. The molecule has 0 radical (unpaired) electrons. The number of aromatic nitrogens is 4. The van der Waals surface area contributed by atoms with Crippen molar-refractivity contribution in [1.29, 1.82) is 0 Å². The van der Waals surface area contributed by atoms with Crippen LogP contribution in [0.4, 0.5) is 11.8 Å². The molecule has 0 fully saturated rings. The molecular weight excluding hydrogens is 304 g/mol. The predicted molar refractivity (Wildman–Crippen MR) is 81.7 cm³/mol. The molecule has 0 saturated heterocycles. The van der Waals surface area contributed by atoms with Gasteiger partial charge in [-0.2, -0.15) is 4.98 Å². The van der Waals surface area contributed by atoms with Crippen LogP contribution in [0.5, 0.6) is 0 Å². The molecule has 2 aromatic heterocycles. The Balaban J connectivity index is 1.86. The van der Waals surface area contributed by atoms with Crippen LogP contribution in [0.3, 0.4) is 0 Å². The van der Waals surface area contributed by atoms with Crippen LogP contribution in [-0.2, 0) is 9.59 Å². The third kappa shape index (κ3) is 2.80. The number of nitrogens with zero attached hydrogens (tertiary/aromatic N) is 4. The Morgan fingerprint density at radius 2 is 2.27 bits per heavy atom. The number of rotatable bonds is 3. The van der Waals surface area contributed by atoms with E-state index < -0.39 is 6.04 Å². The highest BCUT2D eigenvalue weighted by molar-refractivity contribution is 7.98. The van der Waals surface area contributed by atoms with Crippen molar-refractivity contribution in [1.82, 2.24) is 19.7 Å². The van der Waals surface area contributed by atoms with Crippen LogP contribution in [0.1, 0.15) is 18.2 Å². The highest BCUT2D eigenvalue weighted by Gasteiger charge is 2.33. The molecule has 0 saturated carbocycles. The van der Waals surface area contributed by atoms with Crippen molar-refractivity contribution in [3.63, 3.8) is 0 Å². The number of carbonyl (C=O) groups excluding carboxylic acids is 2. The molecule has 0 aromatic carbocycles. The summed E-state index contributed by atoms with van der Waals surface area (Å²) in [6.07, 6.45) is 1.84. The van der Waals surface area contributed by atoms with E-state index in [0.29, 0.717) is 11.0 Å². The van der Waals surface area contributed by atoms with Gasteiger partial charge in [0.1, 0.15) is 11.9 Å². The Hall–Kier alpha value is -2.42. The van der Waals surface area contributed by atoms with Gasteiger partial charge in [0.15, 0.2) is 0 Å². The summed E-state index contributed by atoms with van der Waals surface area (Å²) < 4.78 is 1.44. The quantitative estimate of drug-likeness (QED) is 0.825. The summed E-state index contributed by atoms with van der Waals surface area (Å²) in [5.41, 5.74) is 0.797. The lowest BCUT2D eigenvalue weighted by Gasteiger charge is -2.22. The molecule has 9 heteroatoms. The molecule has 1 unspecified atom stereocenters. The number of fused-ring (bicyclic) bond motifs is 1. The van der Waals surface area contributed by atoms with E-state index in [4.69, 9.17) is 0 Å². The molecule has 2 amide bonds. The van der Waals surface area contributed by atoms with Gasteiger partial charge in [0, 0.05) is 5.69 Å². The standard InChI is InChI=1S/C13H14N6O2S/c1-7-4-3-5-9(14-7)15-11(21)8-6-10(20)16-12-17-13(22-2)18-19(8)12/h3-5,8H,6H2,1-2H3,(H,14,15,21)(H,16,17,18,20). The number of hydrogen-bond acceptors (Lipinski definition) is 6. The zero-order valence-electron chi connectivity index (χ0n) is 12.0. The van der Waals surface area contributed by atoms with Crippen molar-refractivity contribution in [2.45, 2.75) is 24.5 Å². The van der Waals surface area contributed by atoms with E-state index in [1.54, 1.807) is 12.1 Å². The zero-order chi connectivity index (χ0) is 15.7. The van der Waals surface area contributed by atoms with Gasteiger partial charge in [-0.3, -0.25) is 14.9 Å². The van der Waals surface area contributed by atoms with E-state index in [0.717, 1.165) is 5.69 Å². The van der Waals surface area contributed by atoms with Crippen molar-refractivity contribution in [2.24, 2.45) is 0 Å². The lowest BCUT2D eigenvalue weighted by atomic mass is 10.1. The van der Waals surface area contributed by atoms with Gasteiger partial charge in [-0.25, -0.2) is 9.67 Å². The van der Waals surface area contributed by atoms with Gasteiger partial charge in [-0.1, -0.05) is 17.8 Å². The number of hydrogen-bond donors (Lipinski definition) is 2. The molecule has 0 spiro atoms. The molecule has 22 heavy (non-hydrogen) atoms. The highest BCUT2D eigenvalue weighted by atomic mass is 32.2. The first kappa shape index (κ1) is 14.5. The molecule has 3 rings (SSSR count). The number of nitrogens with one attached hydrogen (secondary N) is 2. The second kappa shape index (κ2) is 5.76. The first-order valence-electron chi connectivity index (χ1n) is 6.61. The predicted octanol–water partition coefficient (Wildman–Crippen LogP) is 1.23. The van der Waals surface area contributed by atoms with Crippen LogP contribution in [0.2, 0.25) is 0 Å². The summed E-state index contributed by atoms with van der Waals surface area (Å²) in [7, 11) is 0. The van der Waals surface area contributed by atoms with E-state index in [2.05, 4.69) is 25.7 Å². The summed E-state index contributed by atoms with van der Waals surface area (Å²) in [5.74, 6) is 0.136. The molecule has 114 valence electrons. The molecule has 1 aliphatic heterocycles. The van der Waals surface area contributed by atoms with Crippen molar-refractivity contribution in [2.75, 3.05) is 16.9 Å². The fourth-order valence-corrected chi connectivity index (χ4v) is 2.50. The number of aryl methyl sites for hydroxylation is 1. The molecule has 8 nitrogen and oxygen atoms in total. The van der Waals surface area contributed by atoms with Gasteiger partial charge in [0.05, 0.1) is 6.42 Å². The minimum atomic E-state index is -0.737. The van der Waals surface area contributed by atoms with E-state index >= 15 is 0 Å². The van der Waals surface area contributed by atoms with E-state index in [1.807, 2.05) is 19.2 Å². The molecule has 1 atom stereocenters. The van der Waals surface area contributed by atoms with Crippen molar-refractivity contribution >= 4 is 35.3 Å². The maximum absolute atomic E-state index is 12.5. The van der Waals surface area contributed by atoms with Gasteiger partial charge in [0.2, 0.25) is 17.0 Å². The second-order valence-electron chi connectivity index (χ2n) is 4.79. The van der Waals surface area contributed by atoms with Crippen LogP contribution in [0.25, 0.3) is 0 Å². The fourth-order valence-electron chi connectivity index (χ4n) is 2.16. The van der Waals surface area contributed by atoms with Gasteiger partial charge in [-0.15, -0.1) is 5.10 Å². The molecule has 0 bridgehead atoms. The summed E-state index contributed by atoms with van der Waals surface area (Å²) in [5, 5.41) is 10.1. The lowest BCUT2D eigenvalue weighted by molar-refractivity contribution is -0.125. The van der Waals surface area contributed by atoms with Crippen LogP contribution >= 0.6 is 11.8 Å². The summed E-state index contributed by atoms with van der Waals surface area (Å²) in [6, 6.07) is 4.60. The largest absolute Gasteiger partial charge is 0.309 e. The molecule has 0 aliphatic carbocycles. The third-order valence-electron chi connectivity index (χ3n) is 3.16. The second-order valence-corrected chi connectivity index (χ2v) is 5.56. The summed E-state index contributed by atoms with van der Waals surface area (Å²) >= 11 is 1.34. The molecule has 1 aliphatic rings. The number of amides is 2. The zero-order valence-corrected chi connectivity index (χ0v) is 12.8. The average molecular weight is 318 g/mol. The normalized spacial score (nSPS) is 16.8. The smallest absolute Gasteiger partial charge is 0.251 e. The maximum Gasteiger partial charge on any atom is 0.251 e. The fraction of sp³-hybridized carbons (Fsp3) is 0.308. The summed E-state index contributed by atoms with van der Waals surface area (Å²) in [4.78, 5) is 32.6. The minimum absolute atomic E-state index is 0.0157. The van der Waals surface area contributed by atoms with Crippen molar-refractivity contribution in [3.8, 4) is 0 Å². The molecular formula is C13H14N6O2S. The molecule has 2 aromatic rings. The van der Waals surface area contributed by atoms with Crippen molar-refractivity contribution < 1.29 is 9.59 Å². The first-order chi connectivity index (χ1) is 10.6. The van der Waals surface area contributed by atoms with Gasteiger partial charge in [0.25, 0.3) is 5.91 Å².